The number of carbonyl (C=O) groups excluding carboxylic acids is 1. The smallest absolute Gasteiger partial charge is 0.410 e. The minimum Gasteiger partial charge on any atom is -0.508 e. The third kappa shape index (κ3) is 4.26. The highest BCUT2D eigenvalue weighted by Gasteiger charge is 2.28. The summed E-state index contributed by atoms with van der Waals surface area (Å²) in [6, 6.07) is 16.6. The number of hydrogen-bond acceptors (Lipinski definition) is 4. The lowest BCUT2D eigenvalue weighted by Crippen LogP contribution is -2.49. The summed E-state index contributed by atoms with van der Waals surface area (Å²) in [6.07, 6.45) is 0.353. The highest BCUT2D eigenvalue weighted by molar-refractivity contribution is 5.68. The molecule has 1 heterocycles. The number of aromatic hydroxyl groups is 1. The lowest BCUT2D eigenvalue weighted by atomic mass is 10.0. The van der Waals surface area contributed by atoms with Gasteiger partial charge in [-0.05, 0) is 29.7 Å². The van der Waals surface area contributed by atoms with Crippen LogP contribution in [-0.2, 0) is 22.5 Å². The van der Waals surface area contributed by atoms with Crippen molar-refractivity contribution >= 4 is 6.09 Å². The highest BCUT2D eigenvalue weighted by Crippen LogP contribution is 2.17. The zero-order valence-corrected chi connectivity index (χ0v) is 13.4. The van der Waals surface area contributed by atoms with E-state index in [9.17, 15) is 9.90 Å². The molecule has 0 aromatic heterocycles. The molecule has 2 aromatic carbocycles. The SMILES string of the molecule is O=C(OCc1ccccc1)N1CCOC[C@H]1Cc1ccc(O)cc1. The number of benzene rings is 2. The van der Waals surface area contributed by atoms with E-state index in [-0.39, 0.29) is 24.5 Å². The number of phenolic OH excluding ortho intramolecular Hbond substituents is 1. The molecule has 1 saturated heterocycles. The molecule has 1 fully saturated rings. The maximum atomic E-state index is 12.4. The topological polar surface area (TPSA) is 59.0 Å². The Bertz CT molecular complexity index is 657. The molecule has 0 saturated carbocycles. The van der Waals surface area contributed by atoms with Gasteiger partial charge in [0.25, 0.3) is 0 Å². The van der Waals surface area contributed by atoms with Gasteiger partial charge in [0.15, 0.2) is 0 Å². The van der Waals surface area contributed by atoms with Crippen molar-refractivity contribution in [2.45, 2.75) is 19.1 Å². The van der Waals surface area contributed by atoms with E-state index in [1.807, 2.05) is 42.5 Å². The van der Waals surface area contributed by atoms with Crippen LogP contribution in [0.2, 0.25) is 0 Å². The molecular weight excluding hydrogens is 306 g/mol. The molecule has 1 aliphatic heterocycles. The Morgan fingerprint density at radius 3 is 2.62 bits per heavy atom. The van der Waals surface area contributed by atoms with Crippen LogP contribution in [0.3, 0.4) is 0 Å². The molecule has 0 spiro atoms. The quantitative estimate of drug-likeness (QED) is 0.938. The molecule has 24 heavy (non-hydrogen) atoms. The van der Waals surface area contributed by atoms with Gasteiger partial charge in [0.2, 0.25) is 0 Å². The van der Waals surface area contributed by atoms with Gasteiger partial charge in [-0.1, -0.05) is 42.5 Å². The maximum absolute atomic E-state index is 12.4. The van der Waals surface area contributed by atoms with Gasteiger partial charge in [-0.2, -0.15) is 0 Å². The van der Waals surface area contributed by atoms with E-state index in [2.05, 4.69) is 0 Å². The van der Waals surface area contributed by atoms with Crippen LogP contribution >= 0.6 is 0 Å². The first-order valence-electron chi connectivity index (χ1n) is 8.05. The molecule has 1 atom stereocenters. The molecule has 0 bridgehead atoms. The number of hydrogen-bond donors (Lipinski definition) is 1. The van der Waals surface area contributed by atoms with E-state index >= 15 is 0 Å². The minimum atomic E-state index is -0.314. The number of rotatable bonds is 4. The molecule has 126 valence electrons. The van der Waals surface area contributed by atoms with E-state index in [0.29, 0.717) is 26.2 Å². The lowest BCUT2D eigenvalue weighted by Gasteiger charge is -2.34. The molecule has 1 aliphatic rings. The fourth-order valence-corrected chi connectivity index (χ4v) is 2.77. The van der Waals surface area contributed by atoms with Gasteiger partial charge >= 0.3 is 6.09 Å². The van der Waals surface area contributed by atoms with Gasteiger partial charge in [-0.15, -0.1) is 0 Å². The normalized spacial score (nSPS) is 17.5. The van der Waals surface area contributed by atoms with E-state index < -0.39 is 0 Å². The number of amides is 1. The summed E-state index contributed by atoms with van der Waals surface area (Å²) in [7, 11) is 0. The molecule has 0 radical (unpaired) electrons. The highest BCUT2D eigenvalue weighted by atomic mass is 16.6. The number of nitrogens with zero attached hydrogens (tertiary/aromatic N) is 1. The number of phenols is 1. The van der Waals surface area contributed by atoms with Crippen molar-refractivity contribution < 1.29 is 19.4 Å². The van der Waals surface area contributed by atoms with Gasteiger partial charge in [-0.3, -0.25) is 0 Å². The van der Waals surface area contributed by atoms with Gasteiger partial charge in [0.1, 0.15) is 12.4 Å². The van der Waals surface area contributed by atoms with Crippen molar-refractivity contribution in [3.8, 4) is 5.75 Å². The van der Waals surface area contributed by atoms with Crippen molar-refractivity contribution in [2.24, 2.45) is 0 Å². The van der Waals surface area contributed by atoms with Gasteiger partial charge in [0.05, 0.1) is 19.3 Å². The zero-order valence-electron chi connectivity index (χ0n) is 13.4. The standard InChI is InChI=1S/C19H21NO4/c21-18-8-6-15(7-9-18)12-17-14-23-11-10-20(17)19(22)24-13-16-4-2-1-3-5-16/h1-9,17,21H,10-14H2/t17-/m1/s1. The maximum Gasteiger partial charge on any atom is 0.410 e. The second-order valence-electron chi connectivity index (χ2n) is 5.83. The first kappa shape index (κ1) is 16.3. The number of carbonyl (C=O) groups is 1. The molecular formula is C19H21NO4. The molecule has 5 heteroatoms. The van der Waals surface area contributed by atoms with Crippen LogP contribution in [0.25, 0.3) is 0 Å². The molecule has 3 rings (SSSR count). The van der Waals surface area contributed by atoms with Gasteiger partial charge in [0, 0.05) is 6.54 Å². The van der Waals surface area contributed by atoms with E-state index in [0.717, 1.165) is 11.1 Å². The molecule has 0 aliphatic carbocycles. The Hall–Kier alpha value is -2.53. The summed E-state index contributed by atoms with van der Waals surface area (Å²) in [5.41, 5.74) is 2.01. The van der Waals surface area contributed by atoms with Crippen LogP contribution in [0, 0.1) is 0 Å². The Labute approximate surface area is 141 Å². The van der Waals surface area contributed by atoms with Crippen molar-refractivity contribution in [3.05, 3.63) is 65.7 Å². The second kappa shape index (κ2) is 7.84. The summed E-state index contributed by atoms with van der Waals surface area (Å²) in [5, 5.41) is 9.37. The van der Waals surface area contributed by atoms with Crippen LogP contribution in [0.5, 0.6) is 5.75 Å². The van der Waals surface area contributed by atoms with Gasteiger partial charge < -0.3 is 19.5 Å². The molecule has 1 N–H and O–H groups in total. The minimum absolute atomic E-state index is 0.0634. The monoisotopic (exact) mass is 327 g/mol. The van der Waals surface area contributed by atoms with Crippen molar-refractivity contribution in [3.63, 3.8) is 0 Å². The van der Waals surface area contributed by atoms with Crippen LogP contribution in [-0.4, -0.2) is 41.9 Å². The number of ether oxygens (including phenoxy) is 2. The van der Waals surface area contributed by atoms with Crippen LogP contribution < -0.4 is 0 Å². The van der Waals surface area contributed by atoms with Crippen molar-refractivity contribution in [2.75, 3.05) is 19.8 Å². The summed E-state index contributed by atoms with van der Waals surface area (Å²) in [5.74, 6) is 0.234. The van der Waals surface area contributed by atoms with E-state index in [4.69, 9.17) is 9.47 Å². The molecule has 5 nitrogen and oxygen atoms in total. The lowest BCUT2D eigenvalue weighted by molar-refractivity contribution is -0.0104. The van der Waals surface area contributed by atoms with Crippen LogP contribution in [0.4, 0.5) is 4.79 Å². The molecule has 1 amide bonds. The van der Waals surface area contributed by atoms with E-state index in [1.165, 1.54) is 0 Å². The summed E-state index contributed by atoms with van der Waals surface area (Å²) < 4.78 is 11.0. The summed E-state index contributed by atoms with van der Waals surface area (Å²) >= 11 is 0. The first-order chi connectivity index (χ1) is 11.7. The van der Waals surface area contributed by atoms with E-state index in [1.54, 1.807) is 17.0 Å². The van der Waals surface area contributed by atoms with Crippen LogP contribution in [0.15, 0.2) is 54.6 Å². The third-order valence-corrected chi connectivity index (χ3v) is 4.07. The fourth-order valence-electron chi connectivity index (χ4n) is 2.77. The Morgan fingerprint density at radius 2 is 1.88 bits per heavy atom. The summed E-state index contributed by atoms with van der Waals surface area (Å²) in [4.78, 5) is 14.2. The van der Waals surface area contributed by atoms with Crippen LogP contribution in [0.1, 0.15) is 11.1 Å². The Kier molecular flexibility index (Phi) is 5.33. The predicted octanol–water partition coefficient (Wildman–Crippen LogP) is 2.97. The molecule has 2 aromatic rings. The second-order valence-corrected chi connectivity index (χ2v) is 5.83. The Morgan fingerprint density at radius 1 is 1.12 bits per heavy atom. The number of morpholine rings is 1. The largest absolute Gasteiger partial charge is 0.508 e. The average molecular weight is 327 g/mol. The fraction of sp³-hybridized carbons (Fsp3) is 0.316. The first-order valence-corrected chi connectivity index (χ1v) is 8.05. The zero-order chi connectivity index (χ0) is 16.8. The van der Waals surface area contributed by atoms with Crippen molar-refractivity contribution in [1.82, 2.24) is 4.90 Å². The van der Waals surface area contributed by atoms with Gasteiger partial charge in [-0.25, -0.2) is 4.79 Å². The Balaban J connectivity index is 1.60. The predicted molar refractivity (Wildman–Crippen MR) is 89.8 cm³/mol. The third-order valence-electron chi connectivity index (χ3n) is 4.07. The van der Waals surface area contributed by atoms with Crippen molar-refractivity contribution in [1.29, 1.82) is 0 Å². The molecule has 0 unspecified atom stereocenters. The summed E-state index contributed by atoms with van der Waals surface area (Å²) in [6.45, 7) is 1.80. The average Bonchev–Trinajstić information content (AvgIpc) is 2.63.